The number of hydrogen-bond donors (Lipinski definition) is 1. The second kappa shape index (κ2) is 6.33. The molecule has 0 amide bonds. The van der Waals surface area contributed by atoms with Crippen LogP contribution in [-0.2, 0) is 23.5 Å². The molecular weight excluding hydrogens is 329 g/mol. The van der Waals surface area contributed by atoms with Gasteiger partial charge in [-0.05, 0) is 54.8 Å². The number of aromatic nitrogens is 2. The molecule has 0 fully saturated rings. The molecule has 0 unspecified atom stereocenters. The van der Waals surface area contributed by atoms with Crippen molar-refractivity contribution in [3.63, 3.8) is 0 Å². The zero-order chi connectivity index (χ0) is 17.3. The largest absolute Gasteiger partial charge is 0.334 e. The van der Waals surface area contributed by atoms with Crippen molar-refractivity contribution in [3.05, 3.63) is 59.7 Å². The van der Waals surface area contributed by atoms with Gasteiger partial charge < -0.3 is 4.57 Å². The van der Waals surface area contributed by atoms with E-state index in [0.717, 1.165) is 16.6 Å². The molecule has 3 aromatic rings. The fourth-order valence-corrected chi connectivity index (χ4v) is 3.65. The van der Waals surface area contributed by atoms with E-state index in [1.54, 1.807) is 6.33 Å². The first kappa shape index (κ1) is 16.6. The molecule has 0 spiro atoms. The molecule has 1 aromatic heterocycles. The van der Waals surface area contributed by atoms with Crippen molar-refractivity contribution < 1.29 is 12.8 Å². The second-order valence-electron chi connectivity index (χ2n) is 5.74. The fraction of sp³-hybridized carbons (Fsp3) is 0.235. The normalized spacial score (nSPS) is 12.0. The van der Waals surface area contributed by atoms with Crippen LogP contribution in [0.4, 0.5) is 4.39 Å². The van der Waals surface area contributed by atoms with E-state index in [2.05, 4.69) is 9.71 Å². The summed E-state index contributed by atoms with van der Waals surface area (Å²) >= 11 is 0. The summed E-state index contributed by atoms with van der Waals surface area (Å²) in [6.45, 7) is 1.80. The van der Waals surface area contributed by atoms with Crippen LogP contribution >= 0.6 is 0 Å². The molecule has 0 atom stereocenters. The van der Waals surface area contributed by atoms with Crippen LogP contribution < -0.4 is 4.72 Å². The van der Waals surface area contributed by atoms with E-state index in [-0.39, 0.29) is 11.4 Å². The van der Waals surface area contributed by atoms with Crippen LogP contribution in [0.25, 0.3) is 11.0 Å². The molecule has 0 saturated heterocycles. The molecule has 3 rings (SSSR count). The maximum Gasteiger partial charge on any atom is 0.240 e. The zero-order valence-corrected chi connectivity index (χ0v) is 14.3. The van der Waals surface area contributed by atoms with Crippen LogP contribution in [0.3, 0.4) is 0 Å². The minimum atomic E-state index is -3.64. The number of fused-ring (bicyclic) bond motifs is 1. The highest BCUT2D eigenvalue weighted by Gasteiger charge is 2.14. The highest BCUT2D eigenvalue weighted by Crippen LogP contribution is 2.16. The third kappa shape index (κ3) is 3.32. The minimum absolute atomic E-state index is 0.0709. The Labute approximate surface area is 140 Å². The number of imidazole rings is 1. The maximum atomic E-state index is 13.3. The Hall–Kier alpha value is -2.25. The van der Waals surface area contributed by atoms with Gasteiger partial charge in [0.05, 0.1) is 22.3 Å². The van der Waals surface area contributed by atoms with Crippen molar-refractivity contribution >= 4 is 21.1 Å². The van der Waals surface area contributed by atoms with Crippen LogP contribution in [0.5, 0.6) is 0 Å². The minimum Gasteiger partial charge on any atom is -0.334 e. The summed E-state index contributed by atoms with van der Waals surface area (Å²) in [7, 11) is -1.72. The summed E-state index contributed by atoms with van der Waals surface area (Å²) in [6.07, 6.45) is 2.29. The number of aryl methyl sites for hydroxylation is 2. The molecule has 5 nitrogen and oxygen atoms in total. The standard InChI is InChI=1S/C17H18FN3O2S/c1-12-9-14(4-5-15(12)18)24(22,23)20-8-7-13-3-6-17-16(10-13)19-11-21(17)2/h3-6,9-11,20H,7-8H2,1-2H3. The van der Waals surface area contributed by atoms with Crippen LogP contribution in [0.1, 0.15) is 11.1 Å². The molecule has 1 heterocycles. The number of rotatable bonds is 5. The number of hydrogen-bond acceptors (Lipinski definition) is 3. The lowest BCUT2D eigenvalue weighted by atomic mass is 10.1. The van der Waals surface area contributed by atoms with E-state index < -0.39 is 15.8 Å². The SMILES string of the molecule is Cc1cc(S(=O)(=O)NCCc2ccc3c(c2)ncn3C)ccc1F. The van der Waals surface area contributed by atoms with Crippen molar-refractivity contribution in [2.45, 2.75) is 18.2 Å². The molecule has 1 N–H and O–H groups in total. The van der Waals surface area contributed by atoms with Gasteiger partial charge in [-0.15, -0.1) is 0 Å². The molecular formula is C17H18FN3O2S. The van der Waals surface area contributed by atoms with Gasteiger partial charge in [-0.25, -0.2) is 22.5 Å². The van der Waals surface area contributed by atoms with Crippen molar-refractivity contribution in [2.24, 2.45) is 7.05 Å². The summed E-state index contributed by atoms with van der Waals surface area (Å²) in [5, 5.41) is 0. The lowest BCUT2D eigenvalue weighted by molar-refractivity contribution is 0.580. The van der Waals surface area contributed by atoms with E-state index in [1.165, 1.54) is 25.1 Å². The topological polar surface area (TPSA) is 64.0 Å². The van der Waals surface area contributed by atoms with E-state index >= 15 is 0 Å². The number of halogens is 1. The smallest absolute Gasteiger partial charge is 0.240 e. The molecule has 7 heteroatoms. The van der Waals surface area contributed by atoms with E-state index in [0.29, 0.717) is 12.0 Å². The van der Waals surface area contributed by atoms with E-state index in [4.69, 9.17) is 0 Å². The number of nitrogens with one attached hydrogen (secondary N) is 1. The summed E-state index contributed by atoms with van der Waals surface area (Å²) in [5.41, 5.74) is 3.21. The van der Waals surface area contributed by atoms with Crippen molar-refractivity contribution in [3.8, 4) is 0 Å². The van der Waals surface area contributed by atoms with Crippen LogP contribution in [0.2, 0.25) is 0 Å². The molecule has 126 valence electrons. The van der Waals surface area contributed by atoms with Gasteiger partial charge in [0.15, 0.2) is 0 Å². The molecule has 24 heavy (non-hydrogen) atoms. The molecule has 0 bridgehead atoms. The first-order chi connectivity index (χ1) is 11.4. The predicted molar refractivity (Wildman–Crippen MR) is 90.7 cm³/mol. The molecule has 0 aliphatic rings. The van der Waals surface area contributed by atoms with Gasteiger partial charge in [0.2, 0.25) is 10.0 Å². The first-order valence-electron chi connectivity index (χ1n) is 7.52. The van der Waals surface area contributed by atoms with Crippen molar-refractivity contribution in [2.75, 3.05) is 6.54 Å². The summed E-state index contributed by atoms with van der Waals surface area (Å²) in [5.74, 6) is -0.419. The Morgan fingerprint density at radius 2 is 2.00 bits per heavy atom. The van der Waals surface area contributed by atoms with Gasteiger partial charge in [0.1, 0.15) is 5.82 Å². The van der Waals surface area contributed by atoms with Gasteiger partial charge in [0.25, 0.3) is 0 Å². The van der Waals surface area contributed by atoms with Gasteiger partial charge >= 0.3 is 0 Å². The van der Waals surface area contributed by atoms with Gasteiger partial charge in [-0.1, -0.05) is 6.07 Å². The summed E-state index contributed by atoms with van der Waals surface area (Å²) in [4.78, 5) is 4.36. The Balaban J connectivity index is 1.68. The lowest BCUT2D eigenvalue weighted by Crippen LogP contribution is -2.26. The van der Waals surface area contributed by atoms with Gasteiger partial charge in [0, 0.05) is 13.6 Å². The third-order valence-corrected chi connectivity index (χ3v) is 5.39. The molecule has 0 saturated carbocycles. The first-order valence-corrected chi connectivity index (χ1v) is 9.01. The third-order valence-electron chi connectivity index (χ3n) is 3.94. The van der Waals surface area contributed by atoms with Crippen LogP contribution in [0.15, 0.2) is 47.6 Å². The molecule has 2 aromatic carbocycles. The Kier molecular flexibility index (Phi) is 4.38. The highest BCUT2D eigenvalue weighted by atomic mass is 32.2. The fourth-order valence-electron chi connectivity index (χ4n) is 2.53. The quantitative estimate of drug-likeness (QED) is 0.771. The van der Waals surface area contributed by atoms with E-state index in [1.807, 2.05) is 29.8 Å². The van der Waals surface area contributed by atoms with Crippen molar-refractivity contribution in [1.29, 1.82) is 0 Å². The average Bonchev–Trinajstić information content (AvgIpc) is 2.90. The second-order valence-corrected chi connectivity index (χ2v) is 7.50. The molecule has 0 aliphatic carbocycles. The Morgan fingerprint density at radius 1 is 1.21 bits per heavy atom. The predicted octanol–water partition coefficient (Wildman–Crippen LogP) is 2.54. The van der Waals surface area contributed by atoms with Crippen molar-refractivity contribution in [1.82, 2.24) is 14.3 Å². The van der Waals surface area contributed by atoms with Crippen LogP contribution in [0, 0.1) is 12.7 Å². The van der Waals surface area contributed by atoms with Gasteiger partial charge in [-0.2, -0.15) is 0 Å². The summed E-state index contributed by atoms with van der Waals surface area (Å²) in [6, 6.07) is 9.64. The van der Waals surface area contributed by atoms with Gasteiger partial charge in [-0.3, -0.25) is 0 Å². The Morgan fingerprint density at radius 3 is 2.75 bits per heavy atom. The number of sulfonamides is 1. The molecule has 0 radical (unpaired) electrons. The average molecular weight is 347 g/mol. The Bertz CT molecular complexity index is 996. The maximum absolute atomic E-state index is 13.3. The lowest BCUT2D eigenvalue weighted by Gasteiger charge is -2.08. The zero-order valence-electron chi connectivity index (χ0n) is 13.5. The number of nitrogens with zero attached hydrogens (tertiary/aromatic N) is 2. The monoisotopic (exact) mass is 347 g/mol. The summed E-state index contributed by atoms with van der Waals surface area (Å²) < 4.78 is 42.2. The van der Waals surface area contributed by atoms with Crippen LogP contribution in [-0.4, -0.2) is 24.5 Å². The number of benzene rings is 2. The van der Waals surface area contributed by atoms with E-state index in [9.17, 15) is 12.8 Å². The molecule has 0 aliphatic heterocycles. The highest BCUT2D eigenvalue weighted by molar-refractivity contribution is 7.89.